The number of nitrogens with one attached hydrogen (secondary N) is 1. The van der Waals surface area contributed by atoms with E-state index in [0.29, 0.717) is 11.8 Å². The van der Waals surface area contributed by atoms with E-state index >= 15 is 0 Å². The van der Waals surface area contributed by atoms with Crippen LogP contribution in [-0.4, -0.2) is 28.9 Å². The molecule has 0 saturated carbocycles. The molecule has 1 amide bonds. The molecular weight excluding hydrogens is 362 g/mol. The van der Waals surface area contributed by atoms with Gasteiger partial charge >= 0.3 is 0 Å². The van der Waals surface area contributed by atoms with E-state index in [-0.39, 0.29) is 5.91 Å². The minimum absolute atomic E-state index is 0.0763. The summed E-state index contributed by atoms with van der Waals surface area (Å²) in [6.07, 6.45) is 10.5. The first-order valence-electron chi connectivity index (χ1n) is 10.2. The molecule has 1 N–H and O–H groups in total. The number of anilines is 1. The summed E-state index contributed by atoms with van der Waals surface area (Å²) in [5, 5.41) is 3.22. The van der Waals surface area contributed by atoms with Gasteiger partial charge in [0.05, 0.1) is 0 Å². The number of carbonyl (C=O) groups is 1. The number of likely N-dealkylation sites (tertiary alicyclic amines) is 1. The van der Waals surface area contributed by atoms with Crippen molar-refractivity contribution in [1.82, 2.24) is 9.88 Å². The quantitative estimate of drug-likeness (QED) is 0.792. The topological polar surface area (TPSA) is 58.4 Å². The van der Waals surface area contributed by atoms with Crippen molar-refractivity contribution in [2.75, 3.05) is 18.4 Å². The molecule has 0 spiro atoms. The SMILES string of the molecule is C=C1CCc2cc(/C=C/C(=O)N3CC4C=C(c5ccc(C)o5)CC4C3)cnc2N1. The second-order valence-electron chi connectivity index (χ2n) is 8.31. The maximum absolute atomic E-state index is 12.7. The molecular formula is C24H25N3O2. The van der Waals surface area contributed by atoms with Crippen LogP contribution in [0.25, 0.3) is 11.6 Å². The van der Waals surface area contributed by atoms with Crippen molar-refractivity contribution in [3.63, 3.8) is 0 Å². The molecule has 1 fully saturated rings. The zero-order valence-corrected chi connectivity index (χ0v) is 16.6. The summed E-state index contributed by atoms with van der Waals surface area (Å²) in [6, 6.07) is 6.16. The minimum Gasteiger partial charge on any atom is -0.462 e. The van der Waals surface area contributed by atoms with Gasteiger partial charge in [0.25, 0.3) is 0 Å². The Morgan fingerprint density at radius 1 is 1.34 bits per heavy atom. The standard InChI is InChI=1S/C24H25N3O2/c1-15-3-6-18-9-17(12-25-24(18)26-15)5-8-23(28)27-13-20-10-19(11-21(20)14-27)22-7-4-16(2)29-22/h4-5,7-10,12,20-21H,1,3,6,11,13-14H2,2H3,(H,25,26)/b8-5+. The van der Waals surface area contributed by atoms with E-state index in [9.17, 15) is 4.79 Å². The first kappa shape index (κ1) is 18.0. The lowest BCUT2D eigenvalue weighted by Crippen LogP contribution is -2.27. The van der Waals surface area contributed by atoms with Crippen LogP contribution in [0.3, 0.4) is 0 Å². The lowest BCUT2D eigenvalue weighted by atomic mass is 9.99. The Morgan fingerprint density at radius 2 is 2.24 bits per heavy atom. The fourth-order valence-corrected chi connectivity index (χ4v) is 4.59. The predicted molar refractivity (Wildman–Crippen MR) is 114 cm³/mol. The average Bonchev–Trinajstić information content (AvgIpc) is 3.40. The highest BCUT2D eigenvalue weighted by molar-refractivity contribution is 5.92. The molecule has 2 aliphatic heterocycles. The maximum Gasteiger partial charge on any atom is 0.246 e. The number of pyridine rings is 1. The minimum atomic E-state index is 0.0763. The number of hydrogen-bond donors (Lipinski definition) is 1. The molecule has 148 valence electrons. The van der Waals surface area contributed by atoms with Crippen LogP contribution in [0.2, 0.25) is 0 Å². The molecule has 5 heteroatoms. The normalized spacial score (nSPS) is 23.1. The van der Waals surface area contributed by atoms with Crippen LogP contribution in [0.15, 0.2) is 53.2 Å². The lowest BCUT2D eigenvalue weighted by molar-refractivity contribution is -0.125. The number of nitrogens with zero attached hydrogens (tertiary/aromatic N) is 2. The summed E-state index contributed by atoms with van der Waals surface area (Å²) in [5.41, 5.74) is 4.42. The number of carbonyl (C=O) groups excluding carboxylic acids is 1. The van der Waals surface area contributed by atoms with Crippen LogP contribution < -0.4 is 5.32 Å². The van der Waals surface area contributed by atoms with Gasteiger partial charge in [-0.15, -0.1) is 0 Å². The summed E-state index contributed by atoms with van der Waals surface area (Å²) < 4.78 is 5.76. The molecule has 1 aliphatic carbocycles. The van der Waals surface area contributed by atoms with Gasteiger partial charge in [0.1, 0.15) is 17.3 Å². The third-order valence-corrected chi connectivity index (χ3v) is 6.15. The molecule has 2 aromatic heterocycles. The molecule has 1 saturated heterocycles. The van der Waals surface area contributed by atoms with E-state index in [1.165, 1.54) is 11.1 Å². The molecule has 29 heavy (non-hydrogen) atoms. The smallest absolute Gasteiger partial charge is 0.246 e. The van der Waals surface area contributed by atoms with Crippen molar-refractivity contribution in [3.05, 3.63) is 71.5 Å². The third kappa shape index (κ3) is 3.53. The van der Waals surface area contributed by atoms with Gasteiger partial charge in [-0.05, 0) is 79.0 Å². The number of aromatic nitrogens is 1. The first-order valence-corrected chi connectivity index (χ1v) is 10.2. The van der Waals surface area contributed by atoms with E-state index in [1.807, 2.05) is 30.0 Å². The molecule has 0 bridgehead atoms. The molecule has 2 unspecified atom stereocenters. The summed E-state index contributed by atoms with van der Waals surface area (Å²) in [6.45, 7) is 7.52. The molecule has 4 heterocycles. The molecule has 5 nitrogen and oxygen atoms in total. The second-order valence-corrected chi connectivity index (χ2v) is 8.31. The molecule has 3 aliphatic rings. The number of allylic oxidation sites excluding steroid dienone is 2. The number of aryl methyl sites for hydroxylation is 2. The zero-order chi connectivity index (χ0) is 20.0. The highest BCUT2D eigenvalue weighted by Gasteiger charge is 2.38. The Morgan fingerprint density at radius 3 is 3.03 bits per heavy atom. The van der Waals surface area contributed by atoms with Gasteiger partial charge in [0.15, 0.2) is 0 Å². The van der Waals surface area contributed by atoms with Crippen LogP contribution in [0, 0.1) is 18.8 Å². The summed E-state index contributed by atoms with van der Waals surface area (Å²) in [4.78, 5) is 19.1. The van der Waals surface area contributed by atoms with Gasteiger partial charge in [0, 0.05) is 31.1 Å². The van der Waals surface area contributed by atoms with Crippen molar-refractivity contribution < 1.29 is 9.21 Å². The van der Waals surface area contributed by atoms with Crippen molar-refractivity contribution in [2.24, 2.45) is 11.8 Å². The van der Waals surface area contributed by atoms with Gasteiger partial charge < -0.3 is 14.6 Å². The maximum atomic E-state index is 12.7. The lowest BCUT2D eigenvalue weighted by Gasteiger charge is -2.19. The molecule has 0 radical (unpaired) electrons. The number of rotatable bonds is 3. The monoisotopic (exact) mass is 387 g/mol. The van der Waals surface area contributed by atoms with Crippen LogP contribution >= 0.6 is 0 Å². The Kier molecular flexibility index (Phi) is 4.38. The number of amides is 1. The Hall–Kier alpha value is -3.08. The number of fused-ring (bicyclic) bond motifs is 2. The van der Waals surface area contributed by atoms with Gasteiger partial charge in [-0.3, -0.25) is 4.79 Å². The molecule has 0 aromatic carbocycles. The Bertz CT molecular complexity index is 1050. The van der Waals surface area contributed by atoms with Crippen molar-refractivity contribution in [1.29, 1.82) is 0 Å². The van der Waals surface area contributed by atoms with E-state index in [2.05, 4.69) is 29.0 Å². The van der Waals surface area contributed by atoms with Crippen LogP contribution in [-0.2, 0) is 11.2 Å². The van der Waals surface area contributed by atoms with E-state index in [4.69, 9.17) is 4.42 Å². The van der Waals surface area contributed by atoms with E-state index < -0.39 is 0 Å². The first-order chi connectivity index (χ1) is 14.0. The van der Waals surface area contributed by atoms with Gasteiger partial charge in [-0.1, -0.05) is 12.7 Å². The summed E-state index contributed by atoms with van der Waals surface area (Å²) >= 11 is 0. The van der Waals surface area contributed by atoms with Crippen molar-refractivity contribution in [3.8, 4) is 0 Å². The third-order valence-electron chi connectivity index (χ3n) is 6.15. The molecule has 2 atom stereocenters. The van der Waals surface area contributed by atoms with Crippen molar-refractivity contribution >= 4 is 23.4 Å². The van der Waals surface area contributed by atoms with E-state index in [1.54, 1.807) is 12.3 Å². The fourth-order valence-electron chi connectivity index (χ4n) is 4.59. The average molecular weight is 387 g/mol. The van der Waals surface area contributed by atoms with Gasteiger partial charge in [0.2, 0.25) is 5.91 Å². The Labute approximate surface area is 170 Å². The zero-order valence-electron chi connectivity index (χ0n) is 16.6. The number of furan rings is 1. The van der Waals surface area contributed by atoms with Crippen LogP contribution in [0.5, 0.6) is 0 Å². The van der Waals surface area contributed by atoms with Crippen LogP contribution in [0.4, 0.5) is 5.82 Å². The second kappa shape index (κ2) is 7.07. The Balaban J connectivity index is 1.23. The fraction of sp³-hybridized carbons (Fsp3) is 0.333. The highest BCUT2D eigenvalue weighted by atomic mass is 16.3. The highest BCUT2D eigenvalue weighted by Crippen LogP contribution is 2.41. The van der Waals surface area contributed by atoms with Crippen LogP contribution in [0.1, 0.15) is 35.5 Å². The number of hydrogen-bond acceptors (Lipinski definition) is 4. The largest absolute Gasteiger partial charge is 0.462 e. The summed E-state index contributed by atoms with van der Waals surface area (Å²) in [7, 11) is 0. The van der Waals surface area contributed by atoms with Gasteiger partial charge in [-0.2, -0.15) is 0 Å². The summed E-state index contributed by atoms with van der Waals surface area (Å²) in [5.74, 6) is 3.80. The molecule has 5 rings (SSSR count). The predicted octanol–water partition coefficient (Wildman–Crippen LogP) is 4.43. The molecule has 2 aromatic rings. The van der Waals surface area contributed by atoms with Crippen molar-refractivity contribution in [2.45, 2.75) is 26.2 Å². The van der Waals surface area contributed by atoms with E-state index in [0.717, 1.165) is 61.0 Å². The van der Waals surface area contributed by atoms with Gasteiger partial charge in [-0.25, -0.2) is 4.98 Å².